The van der Waals surface area contributed by atoms with Crippen molar-refractivity contribution >= 4 is 23.4 Å². The van der Waals surface area contributed by atoms with E-state index < -0.39 is 6.09 Å². The second kappa shape index (κ2) is 7.24. The molecule has 0 aliphatic carbocycles. The SMILES string of the molecule is O=C(Cn1nnc(-c2ccccc2)n1)Nc1ccccc1N1CCOC1=O. The number of nitrogens with zero attached hydrogens (tertiary/aromatic N) is 5. The Labute approximate surface area is 154 Å². The van der Waals surface area contributed by atoms with Gasteiger partial charge in [-0.3, -0.25) is 9.69 Å². The van der Waals surface area contributed by atoms with Gasteiger partial charge < -0.3 is 10.1 Å². The van der Waals surface area contributed by atoms with Crippen LogP contribution in [0.25, 0.3) is 11.4 Å². The van der Waals surface area contributed by atoms with Crippen molar-refractivity contribution in [2.24, 2.45) is 0 Å². The average molecular weight is 364 g/mol. The average Bonchev–Trinajstić information content (AvgIpc) is 3.32. The number of anilines is 2. The molecule has 0 spiro atoms. The molecule has 4 rings (SSSR count). The van der Waals surface area contributed by atoms with Crippen molar-refractivity contribution in [2.45, 2.75) is 6.54 Å². The summed E-state index contributed by atoms with van der Waals surface area (Å²) in [6.07, 6.45) is -0.429. The maximum atomic E-state index is 12.4. The first-order valence-corrected chi connectivity index (χ1v) is 8.37. The molecular formula is C18H16N6O3. The van der Waals surface area contributed by atoms with E-state index >= 15 is 0 Å². The molecule has 1 aromatic heterocycles. The van der Waals surface area contributed by atoms with Crippen molar-refractivity contribution < 1.29 is 14.3 Å². The Kier molecular flexibility index (Phi) is 4.48. The minimum atomic E-state index is -0.429. The summed E-state index contributed by atoms with van der Waals surface area (Å²) in [6.45, 7) is 0.668. The molecule has 1 saturated heterocycles. The van der Waals surface area contributed by atoms with Crippen molar-refractivity contribution in [2.75, 3.05) is 23.4 Å². The lowest BCUT2D eigenvalue weighted by Crippen LogP contribution is -2.26. The second-order valence-electron chi connectivity index (χ2n) is 5.84. The zero-order valence-corrected chi connectivity index (χ0v) is 14.3. The number of aromatic nitrogens is 4. The van der Waals surface area contributed by atoms with Crippen LogP contribution in [0.3, 0.4) is 0 Å². The molecule has 0 bridgehead atoms. The minimum Gasteiger partial charge on any atom is -0.447 e. The molecule has 1 N–H and O–H groups in total. The van der Waals surface area contributed by atoms with E-state index in [9.17, 15) is 9.59 Å². The summed E-state index contributed by atoms with van der Waals surface area (Å²) in [5.74, 6) is 0.121. The predicted molar refractivity (Wildman–Crippen MR) is 97.0 cm³/mol. The highest BCUT2D eigenvalue weighted by Gasteiger charge is 2.26. The molecule has 2 aromatic carbocycles. The number of ether oxygens (including phenoxy) is 1. The standard InChI is InChI=1S/C18H16N6O3/c25-16(12-24-21-17(20-22-24)13-6-2-1-3-7-13)19-14-8-4-5-9-15(14)23-10-11-27-18(23)26/h1-9H,10-12H2,(H,19,25). The van der Waals surface area contributed by atoms with Gasteiger partial charge in [0.1, 0.15) is 13.2 Å². The van der Waals surface area contributed by atoms with Crippen LogP contribution in [0.2, 0.25) is 0 Å². The van der Waals surface area contributed by atoms with Crippen LogP contribution in [0.15, 0.2) is 54.6 Å². The number of tetrazole rings is 1. The van der Waals surface area contributed by atoms with E-state index in [0.29, 0.717) is 30.4 Å². The van der Waals surface area contributed by atoms with E-state index in [4.69, 9.17) is 4.74 Å². The third-order valence-corrected chi connectivity index (χ3v) is 4.00. The Balaban J connectivity index is 1.46. The highest BCUT2D eigenvalue weighted by molar-refractivity contribution is 5.99. The van der Waals surface area contributed by atoms with Gasteiger partial charge in [0.25, 0.3) is 0 Å². The molecule has 1 aliphatic rings. The fourth-order valence-electron chi connectivity index (χ4n) is 2.76. The van der Waals surface area contributed by atoms with Gasteiger partial charge in [-0.25, -0.2) is 4.79 Å². The van der Waals surface area contributed by atoms with Crippen LogP contribution >= 0.6 is 0 Å². The monoisotopic (exact) mass is 364 g/mol. The van der Waals surface area contributed by atoms with E-state index in [2.05, 4.69) is 20.7 Å². The third-order valence-electron chi connectivity index (χ3n) is 4.00. The summed E-state index contributed by atoms with van der Waals surface area (Å²) < 4.78 is 4.96. The number of hydrogen-bond acceptors (Lipinski definition) is 6. The number of nitrogens with one attached hydrogen (secondary N) is 1. The second-order valence-corrected chi connectivity index (χ2v) is 5.84. The highest BCUT2D eigenvalue weighted by atomic mass is 16.6. The number of benzene rings is 2. The number of cyclic esters (lactones) is 1. The Bertz CT molecular complexity index is 972. The Morgan fingerprint density at radius 2 is 1.89 bits per heavy atom. The smallest absolute Gasteiger partial charge is 0.414 e. The van der Waals surface area contributed by atoms with Crippen molar-refractivity contribution in [3.63, 3.8) is 0 Å². The summed E-state index contributed by atoms with van der Waals surface area (Å²) >= 11 is 0. The number of carbonyl (C=O) groups excluding carboxylic acids is 2. The van der Waals surface area contributed by atoms with E-state index in [1.54, 1.807) is 24.3 Å². The summed E-state index contributed by atoms with van der Waals surface area (Å²) in [5.41, 5.74) is 1.93. The van der Waals surface area contributed by atoms with Crippen LogP contribution in [-0.4, -0.2) is 45.4 Å². The molecule has 27 heavy (non-hydrogen) atoms. The number of hydrogen-bond donors (Lipinski definition) is 1. The topological polar surface area (TPSA) is 102 Å². The summed E-state index contributed by atoms with van der Waals surface area (Å²) in [7, 11) is 0. The first-order chi connectivity index (χ1) is 13.2. The van der Waals surface area contributed by atoms with Crippen molar-refractivity contribution in [1.82, 2.24) is 20.2 Å². The summed E-state index contributed by atoms with van der Waals surface area (Å²) in [5, 5.41) is 14.9. The molecule has 3 aromatic rings. The van der Waals surface area contributed by atoms with Gasteiger partial charge >= 0.3 is 6.09 Å². The number of rotatable bonds is 5. The van der Waals surface area contributed by atoms with Crippen molar-refractivity contribution in [3.05, 3.63) is 54.6 Å². The molecule has 0 unspecified atom stereocenters. The first kappa shape index (κ1) is 16.7. The quantitative estimate of drug-likeness (QED) is 0.742. The van der Waals surface area contributed by atoms with Crippen LogP contribution < -0.4 is 10.2 Å². The van der Waals surface area contributed by atoms with Crippen molar-refractivity contribution in [3.8, 4) is 11.4 Å². The van der Waals surface area contributed by atoms with Gasteiger partial charge in [0.2, 0.25) is 11.7 Å². The normalized spacial score (nSPS) is 13.5. The zero-order valence-electron chi connectivity index (χ0n) is 14.3. The van der Waals surface area contributed by atoms with Crippen LogP contribution in [0, 0.1) is 0 Å². The number of amides is 2. The fraction of sp³-hybridized carbons (Fsp3) is 0.167. The zero-order chi connectivity index (χ0) is 18.6. The number of para-hydroxylation sites is 2. The van der Waals surface area contributed by atoms with Crippen LogP contribution in [-0.2, 0) is 16.1 Å². The van der Waals surface area contributed by atoms with Crippen molar-refractivity contribution in [1.29, 1.82) is 0 Å². The molecule has 2 amide bonds. The molecule has 136 valence electrons. The Morgan fingerprint density at radius 1 is 1.11 bits per heavy atom. The van der Waals surface area contributed by atoms with E-state index in [-0.39, 0.29) is 12.5 Å². The van der Waals surface area contributed by atoms with Gasteiger partial charge in [-0.1, -0.05) is 42.5 Å². The maximum Gasteiger partial charge on any atom is 0.414 e. The lowest BCUT2D eigenvalue weighted by molar-refractivity contribution is -0.117. The summed E-state index contributed by atoms with van der Waals surface area (Å²) in [4.78, 5) is 26.9. The number of carbonyl (C=O) groups is 2. The van der Waals surface area contributed by atoms with E-state index in [1.165, 1.54) is 9.70 Å². The van der Waals surface area contributed by atoms with Crippen LogP contribution in [0.4, 0.5) is 16.2 Å². The van der Waals surface area contributed by atoms with Gasteiger partial charge in [-0.15, -0.1) is 10.2 Å². The highest BCUT2D eigenvalue weighted by Crippen LogP contribution is 2.27. The first-order valence-electron chi connectivity index (χ1n) is 8.37. The fourth-order valence-corrected chi connectivity index (χ4v) is 2.76. The van der Waals surface area contributed by atoms with Crippen LogP contribution in [0.5, 0.6) is 0 Å². The molecule has 1 fully saturated rings. The molecule has 9 nitrogen and oxygen atoms in total. The maximum absolute atomic E-state index is 12.4. The van der Waals surface area contributed by atoms with Gasteiger partial charge in [0.15, 0.2) is 0 Å². The molecule has 0 radical (unpaired) electrons. The largest absolute Gasteiger partial charge is 0.447 e. The summed E-state index contributed by atoms with van der Waals surface area (Å²) in [6, 6.07) is 16.4. The Morgan fingerprint density at radius 3 is 2.67 bits per heavy atom. The van der Waals surface area contributed by atoms with Gasteiger partial charge in [-0.2, -0.15) is 4.80 Å². The van der Waals surface area contributed by atoms with E-state index in [1.807, 2.05) is 30.3 Å². The lowest BCUT2D eigenvalue weighted by Gasteiger charge is -2.17. The molecule has 0 atom stereocenters. The predicted octanol–water partition coefficient (Wildman–Crippen LogP) is 1.94. The van der Waals surface area contributed by atoms with Crippen LogP contribution in [0.1, 0.15) is 0 Å². The molecule has 9 heteroatoms. The third kappa shape index (κ3) is 3.61. The van der Waals surface area contributed by atoms with Gasteiger partial charge in [0, 0.05) is 5.56 Å². The minimum absolute atomic E-state index is 0.0986. The molecule has 1 aliphatic heterocycles. The lowest BCUT2D eigenvalue weighted by atomic mass is 10.2. The van der Waals surface area contributed by atoms with Gasteiger partial charge in [-0.05, 0) is 17.3 Å². The van der Waals surface area contributed by atoms with Gasteiger partial charge in [0.05, 0.1) is 17.9 Å². The molecular weight excluding hydrogens is 348 g/mol. The van der Waals surface area contributed by atoms with E-state index in [0.717, 1.165) is 5.56 Å². The molecule has 2 heterocycles. The Hall–Kier alpha value is -3.75. The molecule has 0 saturated carbocycles.